The van der Waals surface area contributed by atoms with Gasteiger partial charge in [0.25, 0.3) is 0 Å². The number of sulfonamides is 1. The Kier molecular flexibility index (Phi) is 5.46. The fourth-order valence-electron chi connectivity index (χ4n) is 1.25. The van der Waals surface area contributed by atoms with Crippen molar-refractivity contribution >= 4 is 15.9 Å². The van der Waals surface area contributed by atoms with E-state index >= 15 is 0 Å². The molecule has 0 aliphatic carbocycles. The van der Waals surface area contributed by atoms with E-state index in [0.29, 0.717) is 12.3 Å². The van der Waals surface area contributed by atoms with Crippen LogP contribution >= 0.6 is 0 Å². The van der Waals surface area contributed by atoms with E-state index in [-0.39, 0.29) is 17.6 Å². The largest absolute Gasteiger partial charge is 0.274 e. The normalized spacial score (nSPS) is 12.9. The van der Waals surface area contributed by atoms with Gasteiger partial charge in [-0.2, -0.15) is 0 Å². The van der Waals surface area contributed by atoms with Crippen molar-refractivity contribution in [2.75, 3.05) is 5.75 Å². The highest BCUT2D eigenvalue weighted by Crippen LogP contribution is 2.15. The molecule has 0 rings (SSSR count). The van der Waals surface area contributed by atoms with Crippen LogP contribution < -0.4 is 4.72 Å². The Labute approximate surface area is 98.9 Å². The molecule has 96 valence electrons. The Morgan fingerprint density at radius 3 is 2.12 bits per heavy atom. The van der Waals surface area contributed by atoms with Crippen molar-refractivity contribution in [1.29, 1.82) is 0 Å². The summed E-state index contributed by atoms with van der Waals surface area (Å²) in [6, 6.07) is 0. The molecule has 0 unspecified atom stereocenters. The lowest BCUT2D eigenvalue weighted by molar-refractivity contribution is -0.119. The molecule has 1 amide bonds. The summed E-state index contributed by atoms with van der Waals surface area (Å²) in [7, 11) is -3.49. The number of amides is 1. The molecule has 0 aromatic rings. The first kappa shape index (κ1) is 15.4. The van der Waals surface area contributed by atoms with E-state index in [4.69, 9.17) is 0 Å². The van der Waals surface area contributed by atoms with Gasteiger partial charge in [-0.15, -0.1) is 0 Å². The maximum atomic E-state index is 11.6. The van der Waals surface area contributed by atoms with Crippen LogP contribution in [0.1, 0.15) is 47.5 Å². The predicted molar refractivity (Wildman–Crippen MR) is 65.5 cm³/mol. The molecule has 0 radical (unpaired) electrons. The van der Waals surface area contributed by atoms with E-state index in [1.54, 1.807) is 0 Å². The first-order valence-corrected chi connectivity index (χ1v) is 7.20. The van der Waals surface area contributed by atoms with Gasteiger partial charge in [-0.1, -0.05) is 34.6 Å². The third kappa shape index (κ3) is 8.71. The molecule has 0 aliphatic rings. The van der Waals surface area contributed by atoms with E-state index in [1.807, 2.05) is 34.6 Å². The molecule has 0 saturated heterocycles. The molecule has 0 heterocycles. The summed E-state index contributed by atoms with van der Waals surface area (Å²) < 4.78 is 25.2. The molecule has 5 heteroatoms. The lowest BCUT2D eigenvalue weighted by Gasteiger charge is -2.18. The first-order chi connectivity index (χ1) is 7.02. The second-order valence-electron chi connectivity index (χ2n) is 5.78. The average molecular weight is 249 g/mol. The maximum absolute atomic E-state index is 11.6. The van der Waals surface area contributed by atoms with Gasteiger partial charge < -0.3 is 0 Å². The van der Waals surface area contributed by atoms with Gasteiger partial charge in [0.1, 0.15) is 0 Å². The van der Waals surface area contributed by atoms with Crippen molar-refractivity contribution in [3.8, 4) is 0 Å². The second kappa shape index (κ2) is 5.66. The minimum absolute atomic E-state index is 0.0343. The molecule has 1 N–H and O–H groups in total. The molecule has 4 nitrogen and oxygen atoms in total. The minimum Gasteiger partial charge on any atom is -0.274 e. The summed E-state index contributed by atoms with van der Waals surface area (Å²) in [5, 5.41) is 0. The summed E-state index contributed by atoms with van der Waals surface area (Å²) >= 11 is 0. The first-order valence-electron chi connectivity index (χ1n) is 5.55. The van der Waals surface area contributed by atoms with Gasteiger partial charge in [0, 0.05) is 6.42 Å². The number of nitrogens with one attached hydrogen (secondary N) is 1. The molecule has 0 aromatic carbocycles. The van der Waals surface area contributed by atoms with Gasteiger partial charge in [-0.05, 0) is 17.8 Å². The lowest BCUT2D eigenvalue weighted by atomic mass is 10.0. The predicted octanol–water partition coefficient (Wildman–Crippen LogP) is 1.91. The number of hydrogen-bond donors (Lipinski definition) is 1. The van der Waals surface area contributed by atoms with E-state index in [9.17, 15) is 13.2 Å². The van der Waals surface area contributed by atoms with Crippen LogP contribution in [0.15, 0.2) is 0 Å². The smallest absolute Gasteiger partial charge is 0.235 e. The highest BCUT2D eigenvalue weighted by Gasteiger charge is 2.23. The van der Waals surface area contributed by atoms with E-state index in [1.165, 1.54) is 0 Å². The lowest BCUT2D eigenvalue weighted by Crippen LogP contribution is -2.36. The van der Waals surface area contributed by atoms with Gasteiger partial charge in [-0.25, -0.2) is 8.42 Å². The molecule has 0 atom stereocenters. The molecular weight excluding hydrogens is 226 g/mol. The molecule has 0 fully saturated rings. The van der Waals surface area contributed by atoms with Gasteiger partial charge in [0.15, 0.2) is 0 Å². The minimum atomic E-state index is -3.49. The molecule has 16 heavy (non-hydrogen) atoms. The zero-order chi connectivity index (χ0) is 13.0. The van der Waals surface area contributed by atoms with Gasteiger partial charge in [0.05, 0.1) is 5.75 Å². The molecule has 0 saturated carbocycles. The van der Waals surface area contributed by atoms with Gasteiger partial charge in [-0.3, -0.25) is 9.52 Å². The standard InChI is InChI=1S/C11H23NO3S/c1-9(2)6-7-10(13)12-16(14,15)8-11(3,4)5/h9H,6-8H2,1-5H3,(H,12,13). The van der Waals surface area contributed by atoms with Crippen LogP contribution in [0, 0.1) is 11.3 Å². The van der Waals surface area contributed by atoms with Crippen LogP contribution in [0.4, 0.5) is 0 Å². The monoisotopic (exact) mass is 249 g/mol. The van der Waals surface area contributed by atoms with Crippen LogP contribution in [0.3, 0.4) is 0 Å². The summed E-state index contributed by atoms with van der Waals surface area (Å²) in [5.41, 5.74) is -0.343. The fourth-order valence-corrected chi connectivity index (χ4v) is 2.91. The molecule has 0 bridgehead atoms. The van der Waals surface area contributed by atoms with Crippen molar-refractivity contribution in [1.82, 2.24) is 4.72 Å². The van der Waals surface area contributed by atoms with Crippen molar-refractivity contribution in [3.05, 3.63) is 0 Å². The molecule has 0 aromatic heterocycles. The summed E-state index contributed by atoms with van der Waals surface area (Å²) in [5.74, 6) is -0.0398. The highest BCUT2D eigenvalue weighted by atomic mass is 32.2. The zero-order valence-corrected chi connectivity index (χ0v) is 11.6. The number of carbonyl (C=O) groups excluding carboxylic acids is 1. The van der Waals surface area contributed by atoms with Crippen molar-refractivity contribution in [2.24, 2.45) is 11.3 Å². The third-order valence-electron chi connectivity index (χ3n) is 1.84. The fraction of sp³-hybridized carbons (Fsp3) is 0.909. The topological polar surface area (TPSA) is 63.2 Å². The maximum Gasteiger partial charge on any atom is 0.235 e. The number of hydrogen-bond acceptors (Lipinski definition) is 3. The van der Waals surface area contributed by atoms with Crippen LogP contribution in [-0.2, 0) is 14.8 Å². The van der Waals surface area contributed by atoms with E-state index in [2.05, 4.69) is 4.72 Å². The van der Waals surface area contributed by atoms with Crippen LogP contribution in [0.25, 0.3) is 0 Å². The summed E-state index contributed by atoms with van der Waals surface area (Å²) in [6.45, 7) is 9.47. The van der Waals surface area contributed by atoms with E-state index in [0.717, 1.165) is 0 Å². The van der Waals surface area contributed by atoms with Crippen LogP contribution in [-0.4, -0.2) is 20.1 Å². The van der Waals surface area contributed by atoms with Crippen LogP contribution in [0.5, 0.6) is 0 Å². The third-order valence-corrected chi connectivity index (χ3v) is 3.63. The SMILES string of the molecule is CC(C)CCC(=O)NS(=O)(=O)CC(C)(C)C. The summed E-state index contributed by atoms with van der Waals surface area (Å²) in [4.78, 5) is 11.4. The highest BCUT2D eigenvalue weighted by molar-refractivity contribution is 7.90. The second-order valence-corrected chi connectivity index (χ2v) is 7.50. The zero-order valence-electron chi connectivity index (χ0n) is 10.8. The van der Waals surface area contributed by atoms with E-state index < -0.39 is 15.9 Å². The van der Waals surface area contributed by atoms with Gasteiger partial charge >= 0.3 is 0 Å². The van der Waals surface area contributed by atoms with Crippen molar-refractivity contribution in [3.63, 3.8) is 0 Å². The molecule has 0 spiro atoms. The van der Waals surface area contributed by atoms with Gasteiger partial charge in [0.2, 0.25) is 15.9 Å². The Balaban J connectivity index is 4.22. The average Bonchev–Trinajstić information content (AvgIpc) is 1.94. The van der Waals surface area contributed by atoms with Crippen molar-refractivity contribution in [2.45, 2.75) is 47.5 Å². The Hall–Kier alpha value is -0.580. The molecular formula is C11H23NO3S. The van der Waals surface area contributed by atoms with Crippen molar-refractivity contribution < 1.29 is 13.2 Å². The Morgan fingerprint density at radius 1 is 1.25 bits per heavy atom. The Bertz CT molecular complexity index is 326. The molecule has 0 aliphatic heterocycles. The quantitative estimate of drug-likeness (QED) is 0.809. The Morgan fingerprint density at radius 2 is 1.75 bits per heavy atom. The number of carbonyl (C=O) groups is 1. The number of rotatable bonds is 5. The van der Waals surface area contributed by atoms with Crippen LogP contribution in [0.2, 0.25) is 0 Å². The summed E-state index contributed by atoms with van der Waals surface area (Å²) in [6.07, 6.45) is 0.970.